The second kappa shape index (κ2) is 5.58. The van der Waals surface area contributed by atoms with E-state index in [-0.39, 0.29) is 17.6 Å². The number of benzene rings is 1. The summed E-state index contributed by atoms with van der Waals surface area (Å²) in [5.74, 6) is 0.00583. The molecule has 0 aromatic heterocycles. The van der Waals surface area contributed by atoms with E-state index in [1.54, 1.807) is 0 Å². The summed E-state index contributed by atoms with van der Waals surface area (Å²) in [6.07, 6.45) is 3.18. The molecule has 1 aliphatic carbocycles. The minimum Gasteiger partial charge on any atom is -0.317 e. The van der Waals surface area contributed by atoms with E-state index in [1.165, 1.54) is 18.2 Å². The van der Waals surface area contributed by atoms with Crippen molar-refractivity contribution in [2.75, 3.05) is 13.1 Å². The summed E-state index contributed by atoms with van der Waals surface area (Å²) in [6, 6.07) is 3.80. The van der Waals surface area contributed by atoms with Crippen molar-refractivity contribution in [3.8, 4) is 0 Å². The van der Waals surface area contributed by atoms with Gasteiger partial charge in [-0.05, 0) is 61.5 Å². The van der Waals surface area contributed by atoms with Gasteiger partial charge in [-0.2, -0.15) is 0 Å². The number of nitrogens with one attached hydrogen (secondary N) is 1. The molecule has 17 heavy (non-hydrogen) atoms. The predicted octanol–water partition coefficient (Wildman–Crippen LogP) is 3.46. The largest absolute Gasteiger partial charge is 0.317 e. The second-order valence-electron chi connectivity index (χ2n) is 4.77. The Bertz CT molecular complexity index is 378. The molecule has 0 saturated heterocycles. The van der Waals surface area contributed by atoms with Gasteiger partial charge in [0.1, 0.15) is 11.6 Å². The Morgan fingerprint density at radius 3 is 2.88 bits per heavy atom. The summed E-state index contributed by atoms with van der Waals surface area (Å²) in [7, 11) is 0. The lowest BCUT2D eigenvalue weighted by molar-refractivity contribution is 0.435. The Balaban J connectivity index is 2.16. The number of halogens is 2. The van der Waals surface area contributed by atoms with Crippen molar-refractivity contribution in [1.29, 1.82) is 0 Å². The van der Waals surface area contributed by atoms with Crippen LogP contribution in [0.5, 0.6) is 0 Å². The fourth-order valence-electron chi connectivity index (χ4n) is 2.82. The van der Waals surface area contributed by atoms with E-state index in [0.717, 1.165) is 32.4 Å². The first-order chi connectivity index (χ1) is 8.22. The maximum absolute atomic E-state index is 13.7. The molecule has 1 aromatic rings. The van der Waals surface area contributed by atoms with E-state index in [0.29, 0.717) is 11.5 Å². The molecule has 0 aliphatic heterocycles. The summed E-state index contributed by atoms with van der Waals surface area (Å²) in [5, 5.41) is 3.31. The molecule has 1 N–H and O–H groups in total. The van der Waals surface area contributed by atoms with Gasteiger partial charge in [0.25, 0.3) is 0 Å². The molecule has 1 aromatic carbocycles. The van der Waals surface area contributed by atoms with E-state index in [4.69, 9.17) is 0 Å². The van der Waals surface area contributed by atoms with Crippen LogP contribution in [0.15, 0.2) is 18.2 Å². The van der Waals surface area contributed by atoms with Crippen molar-refractivity contribution in [1.82, 2.24) is 5.32 Å². The number of hydrogen-bond acceptors (Lipinski definition) is 1. The van der Waals surface area contributed by atoms with Crippen LogP contribution < -0.4 is 5.32 Å². The molecule has 0 bridgehead atoms. The third-order valence-corrected chi connectivity index (χ3v) is 3.67. The third-order valence-electron chi connectivity index (χ3n) is 3.67. The molecule has 1 nitrogen and oxygen atoms in total. The number of hydrogen-bond donors (Lipinski definition) is 1. The maximum Gasteiger partial charge on any atom is 0.126 e. The highest BCUT2D eigenvalue weighted by Crippen LogP contribution is 2.40. The summed E-state index contributed by atoms with van der Waals surface area (Å²) < 4.78 is 26.9. The maximum atomic E-state index is 13.7. The van der Waals surface area contributed by atoms with Crippen molar-refractivity contribution in [3.05, 3.63) is 35.4 Å². The molecule has 0 amide bonds. The predicted molar refractivity (Wildman–Crippen MR) is 65.0 cm³/mol. The summed E-state index contributed by atoms with van der Waals surface area (Å²) >= 11 is 0. The highest BCUT2D eigenvalue weighted by atomic mass is 19.1. The Morgan fingerprint density at radius 1 is 1.29 bits per heavy atom. The summed E-state index contributed by atoms with van der Waals surface area (Å²) in [5.41, 5.74) is 0.561. The first kappa shape index (κ1) is 12.5. The SMILES string of the molecule is CCNCC1CCCC1c1cc(F)ccc1F. The second-order valence-corrected chi connectivity index (χ2v) is 4.77. The van der Waals surface area contributed by atoms with Crippen LogP contribution in [-0.2, 0) is 0 Å². The van der Waals surface area contributed by atoms with Crippen molar-refractivity contribution >= 4 is 0 Å². The van der Waals surface area contributed by atoms with Crippen LogP contribution in [0.4, 0.5) is 8.78 Å². The monoisotopic (exact) mass is 239 g/mol. The molecule has 1 fully saturated rings. The molecular formula is C14H19F2N. The highest BCUT2D eigenvalue weighted by Gasteiger charge is 2.30. The molecule has 1 saturated carbocycles. The zero-order valence-corrected chi connectivity index (χ0v) is 10.2. The number of rotatable bonds is 4. The Hall–Kier alpha value is -0.960. The van der Waals surface area contributed by atoms with Crippen LogP contribution in [0.1, 0.15) is 37.7 Å². The highest BCUT2D eigenvalue weighted by molar-refractivity contribution is 5.24. The zero-order valence-electron chi connectivity index (χ0n) is 10.2. The lowest BCUT2D eigenvalue weighted by atomic mass is 9.88. The van der Waals surface area contributed by atoms with Gasteiger partial charge in [0.2, 0.25) is 0 Å². The van der Waals surface area contributed by atoms with Crippen LogP contribution in [-0.4, -0.2) is 13.1 Å². The summed E-state index contributed by atoms with van der Waals surface area (Å²) in [6.45, 7) is 3.89. The molecule has 2 unspecified atom stereocenters. The van der Waals surface area contributed by atoms with Crippen LogP contribution in [0.25, 0.3) is 0 Å². The van der Waals surface area contributed by atoms with Crippen LogP contribution in [0, 0.1) is 17.6 Å². The molecule has 0 radical (unpaired) electrons. The summed E-state index contributed by atoms with van der Waals surface area (Å²) in [4.78, 5) is 0. The fourth-order valence-corrected chi connectivity index (χ4v) is 2.82. The topological polar surface area (TPSA) is 12.0 Å². The van der Waals surface area contributed by atoms with Gasteiger partial charge >= 0.3 is 0 Å². The standard InChI is InChI=1S/C14H19F2N/c1-2-17-9-10-4-3-5-12(10)13-8-11(15)6-7-14(13)16/h6-8,10,12,17H,2-5,9H2,1H3. The van der Waals surface area contributed by atoms with Crippen molar-refractivity contribution < 1.29 is 8.78 Å². The van der Waals surface area contributed by atoms with Crippen LogP contribution >= 0.6 is 0 Å². The molecule has 94 valence electrons. The zero-order chi connectivity index (χ0) is 12.3. The van der Waals surface area contributed by atoms with E-state index in [1.807, 2.05) is 0 Å². The third kappa shape index (κ3) is 2.83. The first-order valence-electron chi connectivity index (χ1n) is 6.38. The Labute approximate surface area is 101 Å². The first-order valence-corrected chi connectivity index (χ1v) is 6.38. The van der Waals surface area contributed by atoms with Gasteiger partial charge in [0, 0.05) is 0 Å². The van der Waals surface area contributed by atoms with Crippen molar-refractivity contribution in [2.24, 2.45) is 5.92 Å². The van der Waals surface area contributed by atoms with Crippen LogP contribution in [0.3, 0.4) is 0 Å². The van der Waals surface area contributed by atoms with Crippen LogP contribution in [0.2, 0.25) is 0 Å². The lowest BCUT2D eigenvalue weighted by Crippen LogP contribution is -2.24. The van der Waals surface area contributed by atoms with Gasteiger partial charge in [-0.25, -0.2) is 8.78 Å². The molecule has 3 heteroatoms. The lowest BCUT2D eigenvalue weighted by Gasteiger charge is -2.20. The Morgan fingerprint density at radius 2 is 2.12 bits per heavy atom. The van der Waals surface area contributed by atoms with Gasteiger partial charge in [-0.3, -0.25) is 0 Å². The smallest absolute Gasteiger partial charge is 0.126 e. The van der Waals surface area contributed by atoms with E-state index in [9.17, 15) is 8.78 Å². The van der Waals surface area contributed by atoms with Gasteiger partial charge in [0.05, 0.1) is 0 Å². The average molecular weight is 239 g/mol. The minimum absolute atomic E-state index is 0.171. The molecule has 2 rings (SSSR count). The Kier molecular flexibility index (Phi) is 4.11. The molecular weight excluding hydrogens is 220 g/mol. The molecule has 2 atom stereocenters. The molecule has 1 aliphatic rings. The van der Waals surface area contributed by atoms with E-state index >= 15 is 0 Å². The normalized spacial score (nSPS) is 24.2. The van der Waals surface area contributed by atoms with Gasteiger partial charge in [0.15, 0.2) is 0 Å². The van der Waals surface area contributed by atoms with Gasteiger partial charge in [-0.1, -0.05) is 13.3 Å². The fraction of sp³-hybridized carbons (Fsp3) is 0.571. The van der Waals surface area contributed by atoms with Crippen molar-refractivity contribution in [2.45, 2.75) is 32.1 Å². The molecule has 0 spiro atoms. The molecule has 0 heterocycles. The van der Waals surface area contributed by atoms with E-state index in [2.05, 4.69) is 12.2 Å². The van der Waals surface area contributed by atoms with Crippen molar-refractivity contribution in [3.63, 3.8) is 0 Å². The van der Waals surface area contributed by atoms with Gasteiger partial charge in [-0.15, -0.1) is 0 Å². The van der Waals surface area contributed by atoms with Gasteiger partial charge < -0.3 is 5.32 Å². The quantitative estimate of drug-likeness (QED) is 0.848. The van der Waals surface area contributed by atoms with E-state index < -0.39 is 0 Å². The minimum atomic E-state index is -0.337. The average Bonchev–Trinajstić information content (AvgIpc) is 2.77.